The molecular formula is C100H127FN24O10. The predicted molar refractivity (Wildman–Crippen MR) is 523 cm³/mol. The summed E-state index contributed by atoms with van der Waals surface area (Å²) in [5.41, 5.74) is 6.20. The molecule has 135 heavy (non-hydrogen) atoms. The summed E-state index contributed by atoms with van der Waals surface area (Å²) in [6, 6.07) is 14.4. The minimum Gasteiger partial charge on any atom is -0.357 e. The fourth-order valence-electron chi connectivity index (χ4n) is 19.7. The van der Waals surface area contributed by atoms with Crippen LogP contribution in [0.5, 0.6) is 0 Å². The summed E-state index contributed by atoms with van der Waals surface area (Å²) < 4.78 is 21.8. The van der Waals surface area contributed by atoms with Crippen LogP contribution in [-0.4, -0.2) is 251 Å². The van der Waals surface area contributed by atoms with Crippen LogP contribution >= 0.6 is 0 Å². The van der Waals surface area contributed by atoms with Crippen molar-refractivity contribution in [2.75, 3.05) is 89.3 Å². The van der Waals surface area contributed by atoms with Crippen molar-refractivity contribution in [3.63, 3.8) is 0 Å². The summed E-state index contributed by atoms with van der Waals surface area (Å²) in [5.74, 6) is 3.08. The SMILES string of the molecule is C=CCn1cc(C(=O)N(C)C2CCN(c3cc(C(C)C)ncn3)CC2)c2cc[nH]c2c1=O.C=CCn1cc(C(=O)N(C)C2[C@H]3CN(c4ccnc(C#N)n4)C[C@@H]23)c2c(c1=O)CC=C2.CC(C)N1CC[C@@H](NC(=O)c2cn(C)c(=O)c3[nH]ccc23)[C@@H](C)C1.CC(C)N1CC[C@@H](NC(=O)c2cn(C)c(=O)c3[nH]ccc23)[C@H](C)C1.CC(C)N1CC[C@@H](NC(=O)c2cn(C)c(=O)c3[nH]ccc23)[C@H](F)C1. The van der Waals surface area contributed by atoms with Crippen molar-refractivity contribution in [1.29, 1.82) is 5.26 Å². The zero-order valence-electron chi connectivity index (χ0n) is 79.9. The third-order valence-corrected chi connectivity index (χ3v) is 27.8. The number of likely N-dealkylation sites (tertiary alicyclic amines) is 3. The van der Waals surface area contributed by atoms with Gasteiger partial charge in [0.1, 0.15) is 52.3 Å². The van der Waals surface area contributed by atoms with Gasteiger partial charge in [-0.3, -0.25) is 52.8 Å². The molecule has 34 nitrogen and oxygen atoms in total. The summed E-state index contributed by atoms with van der Waals surface area (Å²) in [5, 5.41) is 20.8. The van der Waals surface area contributed by atoms with E-state index in [1.807, 2.05) is 62.0 Å². The highest BCUT2D eigenvalue weighted by Crippen LogP contribution is 2.50. The third kappa shape index (κ3) is 21.1. The second kappa shape index (κ2) is 42.0. The summed E-state index contributed by atoms with van der Waals surface area (Å²) in [4.78, 5) is 170. The third-order valence-electron chi connectivity index (χ3n) is 27.8. The number of piperidine rings is 5. The maximum atomic E-state index is 14.4. The molecule has 9 atom stereocenters. The molecule has 16 heterocycles. The first-order chi connectivity index (χ1) is 64.6. The number of hydrogen-bond acceptors (Lipinski definition) is 20. The molecule has 5 aliphatic heterocycles. The van der Waals surface area contributed by atoms with Crippen LogP contribution in [0.2, 0.25) is 0 Å². The van der Waals surface area contributed by atoms with Crippen molar-refractivity contribution in [1.82, 2.24) is 103 Å². The Kier molecular flexibility index (Phi) is 30.3. The highest BCUT2D eigenvalue weighted by atomic mass is 19.1. The predicted octanol–water partition coefficient (Wildman–Crippen LogP) is 9.49. The van der Waals surface area contributed by atoms with Gasteiger partial charge < -0.3 is 88.1 Å². The van der Waals surface area contributed by atoms with Crippen LogP contribution in [-0.2, 0) is 40.7 Å². The minimum atomic E-state index is -1.10. The number of allylic oxidation sites excluding steroid dienone is 3. The summed E-state index contributed by atoms with van der Waals surface area (Å²) in [6.07, 6.45) is 28.8. The Morgan fingerprint density at radius 2 is 0.963 bits per heavy atom. The van der Waals surface area contributed by atoms with E-state index in [9.17, 15) is 52.3 Å². The molecule has 18 rings (SSSR count). The number of rotatable bonds is 20. The quantitative estimate of drug-likeness (QED) is 0.0349. The molecule has 0 bridgehead atoms. The Hall–Kier alpha value is -13.5. The second-order valence-electron chi connectivity index (χ2n) is 37.9. The Morgan fingerprint density at radius 1 is 0.526 bits per heavy atom. The number of aromatic amines is 4. The number of aryl methyl sites for hydroxylation is 3. The molecule has 1 saturated carbocycles. The van der Waals surface area contributed by atoms with Gasteiger partial charge in [-0.2, -0.15) is 5.26 Å². The van der Waals surface area contributed by atoms with Gasteiger partial charge in [0.15, 0.2) is 0 Å². The molecule has 0 radical (unpaired) electrons. The molecular weight excluding hydrogens is 1720 g/mol. The molecule has 7 N–H and O–H groups in total. The monoisotopic (exact) mass is 1840 g/mol. The summed E-state index contributed by atoms with van der Waals surface area (Å²) in [6.45, 7) is 38.0. The number of halogens is 1. The van der Waals surface area contributed by atoms with E-state index in [0.29, 0.717) is 157 Å². The highest BCUT2D eigenvalue weighted by Gasteiger charge is 2.59. The normalized spacial score (nSPS) is 20.5. The van der Waals surface area contributed by atoms with Gasteiger partial charge in [-0.1, -0.05) is 52.0 Å². The van der Waals surface area contributed by atoms with E-state index in [2.05, 4.69) is 155 Å². The highest BCUT2D eigenvalue weighted by molar-refractivity contribution is 6.09. The van der Waals surface area contributed by atoms with Crippen LogP contribution in [0, 0.1) is 35.0 Å². The second-order valence-corrected chi connectivity index (χ2v) is 37.9. The lowest BCUT2D eigenvalue weighted by Gasteiger charge is -2.39. The van der Waals surface area contributed by atoms with E-state index in [1.165, 1.54) is 24.5 Å². The Labute approximate surface area is 783 Å². The van der Waals surface area contributed by atoms with Crippen LogP contribution in [0.1, 0.15) is 182 Å². The number of carbonyl (C=O) groups is 5. The number of hydrogen-bond donors (Lipinski definition) is 7. The van der Waals surface area contributed by atoms with Crippen molar-refractivity contribution < 1.29 is 28.4 Å². The van der Waals surface area contributed by atoms with E-state index in [0.717, 1.165) is 107 Å². The van der Waals surface area contributed by atoms with Crippen molar-refractivity contribution in [3.8, 4) is 6.07 Å². The van der Waals surface area contributed by atoms with Crippen molar-refractivity contribution in [3.05, 3.63) is 238 Å². The number of carbonyl (C=O) groups excluding carboxylic acids is 5. The van der Waals surface area contributed by atoms with Crippen LogP contribution in [0.4, 0.5) is 16.0 Å². The topological polar surface area (TPSA) is 393 Å². The van der Waals surface area contributed by atoms with E-state index < -0.39 is 12.2 Å². The lowest BCUT2D eigenvalue weighted by Crippen LogP contribution is -2.53. The van der Waals surface area contributed by atoms with Crippen molar-refractivity contribution >= 4 is 90.9 Å². The first kappa shape index (κ1) is 97.6. The average Bonchev–Trinajstić information content (AvgIpc) is 1.56. The van der Waals surface area contributed by atoms with Crippen LogP contribution in [0.15, 0.2) is 160 Å². The number of nitrogens with zero attached hydrogens (tertiary/aromatic N) is 17. The number of anilines is 2. The molecule has 7 aliphatic rings. The van der Waals surface area contributed by atoms with Gasteiger partial charge in [-0.05, 0) is 134 Å². The number of alkyl halides is 1. The van der Waals surface area contributed by atoms with Crippen LogP contribution in [0.3, 0.4) is 0 Å². The van der Waals surface area contributed by atoms with Gasteiger partial charge in [0.25, 0.3) is 57.3 Å². The first-order valence-corrected chi connectivity index (χ1v) is 46.8. The summed E-state index contributed by atoms with van der Waals surface area (Å²) in [7, 11) is 8.64. The zero-order valence-corrected chi connectivity index (χ0v) is 79.9. The van der Waals surface area contributed by atoms with Crippen LogP contribution < -0.4 is 53.5 Å². The standard InChI is InChI=1S/C24H30N6O2.C23H22N6O2.2C18H26N4O2.C17H23FN4O2/c1-5-10-30-14-19(18-6-9-25-22(18)24(30)32)23(31)28(4)17-7-11-29(12-8-17)21-13-20(16(2)3)26-15-27-21;1-3-9-28-13-18(14-5-4-6-15(14)23(28)31)22(30)27(2)21-16-11-29(12-17(16)21)20-7-8-25-19(10-24)26-20;2*1-11(2)22-8-6-15(12(3)9-22)20-17(23)14-10-21(4)18(24)16-13(14)5-7-19-16;1-10(2)22-7-5-14(13(18)9-22)20-16(23)12-8-21(3)17(24)15-11(12)4-6-19-15/h5-6,9,13-17,25H,1,7-8,10-12H2,2-4H3;3-5,7-8,13,16-17,21H,1,6,9,11-12H2,2H3;2*5,7,10-12,15,19H,6,8-9H2,1-4H3,(H,20,23);4,6,8,10,13-14,19H,5,7,9H2,1-3H3,(H,20,23)/t;16-,17+,21?;12-,15+;12-,15-;13-,14-/m..011/s1. The number of H-pyrrole nitrogens is 4. The Balaban J connectivity index is 0.000000136. The lowest BCUT2D eigenvalue weighted by molar-refractivity contribution is 0.0693. The molecule has 6 fully saturated rings. The smallest absolute Gasteiger partial charge is 0.275 e. The fraction of sp³-hybridized carbons (Fsp3) is 0.470. The molecule has 2 aliphatic carbocycles. The molecule has 5 saturated heterocycles. The van der Waals surface area contributed by atoms with Gasteiger partial charge >= 0.3 is 0 Å². The van der Waals surface area contributed by atoms with E-state index >= 15 is 0 Å². The molecule has 11 aromatic rings. The fourth-order valence-corrected chi connectivity index (χ4v) is 19.7. The summed E-state index contributed by atoms with van der Waals surface area (Å²) >= 11 is 0. The van der Waals surface area contributed by atoms with Crippen molar-refractivity contribution in [2.24, 2.45) is 44.8 Å². The van der Waals surface area contributed by atoms with E-state index in [4.69, 9.17) is 5.26 Å². The number of pyridine rings is 5. The molecule has 35 heteroatoms. The van der Waals surface area contributed by atoms with Gasteiger partial charge in [0, 0.05) is 269 Å². The molecule has 1 unspecified atom stereocenters. The Bertz CT molecular complexity index is 6310. The molecule has 714 valence electrons. The Morgan fingerprint density at radius 3 is 1.41 bits per heavy atom. The average molecular weight is 1840 g/mol. The number of nitrogens with one attached hydrogen (secondary N) is 7. The number of amides is 5. The minimum absolute atomic E-state index is 0.0552. The van der Waals surface area contributed by atoms with Gasteiger partial charge in [-0.15, -0.1) is 13.2 Å². The molecule has 0 aromatic carbocycles. The molecule has 0 spiro atoms. The number of nitriles is 1. The van der Waals surface area contributed by atoms with Crippen LogP contribution in [0.25, 0.3) is 49.7 Å². The largest absolute Gasteiger partial charge is 0.357 e. The van der Waals surface area contributed by atoms with Gasteiger partial charge in [-0.25, -0.2) is 24.3 Å². The number of aromatic nitrogens is 13. The van der Waals surface area contributed by atoms with Crippen molar-refractivity contribution in [2.45, 2.75) is 181 Å². The zero-order chi connectivity index (χ0) is 96.8. The van der Waals surface area contributed by atoms with E-state index in [1.54, 1.807) is 124 Å². The first-order valence-electron chi connectivity index (χ1n) is 46.8. The van der Waals surface area contributed by atoms with Gasteiger partial charge in [0.05, 0.1) is 33.9 Å². The van der Waals surface area contributed by atoms with Gasteiger partial charge in [0.2, 0.25) is 5.82 Å². The maximum absolute atomic E-state index is 14.4. The number of fused-ring (bicyclic) bond motifs is 6. The lowest BCUT2D eigenvalue weighted by atomic mass is 9.92. The maximum Gasteiger partial charge on any atom is 0.275 e. The van der Waals surface area contributed by atoms with E-state index in [-0.39, 0.29) is 87.3 Å². The molecule has 11 aromatic heterocycles. The molecule has 5 amide bonds.